The maximum absolute atomic E-state index is 12.6. The van der Waals surface area contributed by atoms with Crippen LogP contribution in [0.2, 0.25) is 0 Å². The van der Waals surface area contributed by atoms with Gasteiger partial charge in [0.15, 0.2) is 5.69 Å². The molecular formula is C18H24N4O2. The van der Waals surface area contributed by atoms with Gasteiger partial charge in [-0.25, -0.2) is 0 Å². The molecule has 1 aliphatic rings. The Labute approximate surface area is 142 Å². The number of carbonyl (C=O) groups excluding carboxylic acids is 1. The molecule has 0 radical (unpaired) electrons. The van der Waals surface area contributed by atoms with Gasteiger partial charge in [-0.15, -0.1) is 0 Å². The van der Waals surface area contributed by atoms with Crippen molar-refractivity contribution in [2.75, 3.05) is 27.2 Å². The molecule has 2 N–H and O–H groups in total. The average molecular weight is 328 g/mol. The Morgan fingerprint density at radius 1 is 1.33 bits per heavy atom. The van der Waals surface area contributed by atoms with E-state index >= 15 is 0 Å². The van der Waals surface area contributed by atoms with E-state index in [1.807, 2.05) is 19.2 Å². The minimum Gasteiger partial charge on any atom is -0.497 e. The molecule has 1 aromatic carbocycles. The average Bonchev–Trinajstić information content (AvgIpc) is 3.05. The van der Waals surface area contributed by atoms with Crippen LogP contribution >= 0.6 is 0 Å². The van der Waals surface area contributed by atoms with Gasteiger partial charge in [0.05, 0.1) is 7.11 Å². The van der Waals surface area contributed by atoms with Gasteiger partial charge in [0, 0.05) is 44.4 Å². The van der Waals surface area contributed by atoms with E-state index < -0.39 is 0 Å². The standard InChI is InChI=1S/C18H24N4O2/c1-22(11-3-4-13-5-7-14(24-2)8-6-13)18(23)17-15-12-19-10-9-16(15)20-21-17/h5-8,19H,3-4,9-12H2,1-2H3,(H,20,21). The molecule has 0 spiro atoms. The Balaban J connectivity index is 1.53. The zero-order valence-electron chi connectivity index (χ0n) is 14.3. The molecule has 2 aromatic rings. The molecule has 0 bridgehead atoms. The lowest BCUT2D eigenvalue weighted by Crippen LogP contribution is -2.31. The number of hydrogen-bond acceptors (Lipinski definition) is 4. The van der Waals surface area contributed by atoms with Gasteiger partial charge in [-0.2, -0.15) is 5.10 Å². The smallest absolute Gasteiger partial charge is 0.274 e. The highest BCUT2D eigenvalue weighted by molar-refractivity contribution is 5.93. The van der Waals surface area contributed by atoms with Gasteiger partial charge in [0.25, 0.3) is 5.91 Å². The molecule has 0 fully saturated rings. The van der Waals surface area contributed by atoms with Crippen molar-refractivity contribution in [3.63, 3.8) is 0 Å². The summed E-state index contributed by atoms with van der Waals surface area (Å²) in [5.74, 6) is 0.855. The predicted molar refractivity (Wildman–Crippen MR) is 92.3 cm³/mol. The normalized spacial score (nSPS) is 13.4. The summed E-state index contributed by atoms with van der Waals surface area (Å²) in [4.78, 5) is 14.4. The third-order valence-corrected chi connectivity index (χ3v) is 4.47. The van der Waals surface area contributed by atoms with Crippen LogP contribution in [0.25, 0.3) is 0 Å². The Morgan fingerprint density at radius 3 is 2.88 bits per heavy atom. The highest BCUT2D eigenvalue weighted by Gasteiger charge is 2.23. The topological polar surface area (TPSA) is 70.2 Å². The van der Waals surface area contributed by atoms with Crippen molar-refractivity contribution < 1.29 is 9.53 Å². The van der Waals surface area contributed by atoms with Crippen molar-refractivity contribution in [3.05, 3.63) is 46.8 Å². The van der Waals surface area contributed by atoms with E-state index in [-0.39, 0.29) is 5.91 Å². The summed E-state index contributed by atoms with van der Waals surface area (Å²) in [6.45, 7) is 2.35. The summed E-state index contributed by atoms with van der Waals surface area (Å²) in [5.41, 5.74) is 3.92. The fraction of sp³-hybridized carbons (Fsp3) is 0.444. The molecule has 1 aromatic heterocycles. The second kappa shape index (κ2) is 7.49. The molecule has 1 amide bonds. The minimum atomic E-state index is -0.00840. The monoisotopic (exact) mass is 328 g/mol. The largest absolute Gasteiger partial charge is 0.497 e. The van der Waals surface area contributed by atoms with E-state index in [0.717, 1.165) is 42.8 Å². The van der Waals surface area contributed by atoms with Gasteiger partial charge in [-0.1, -0.05) is 12.1 Å². The van der Waals surface area contributed by atoms with Crippen molar-refractivity contribution in [3.8, 4) is 5.75 Å². The van der Waals surface area contributed by atoms with E-state index in [0.29, 0.717) is 18.8 Å². The molecular weight excluding hydrogens is 304 g/mol. The lowest BCUT2D eigenvalue weighted by atomic mass is 10.1. The third kappa shape index (κ3) is 3.59. The molecule has 6 heteroatoms. The number of aromatic nitrogens is 2. The highest BCUT2D eigenvalue weighted by Crippen LogP contribution is 2.17. The number of aromatic amines is 1. The van der Waals surface area contributed by atoms with Crippen molar-refractivity contribution in [1.82, 2.24) is 20.4 Å². The number of benzene rings is 1. The first-order valence-electron chi connectivity index (χ1n) is 8.34. The fourth-order valence-corrected chi connectivity index (χ4v) is 3.00. The predicted octanol–water partition coefficient (Wildman–Crippen LogP) is 1.77. The zero-order valence-corrected chi connectivity index (χ0v) is 14.3. The molecule has 0 atom stereocenters. The molecule has 0 saturated carbocycles. The van der Waals surface area contributed by atoms with Gasteiger partial charge in [0.1, 0.15) is 5.75 Å². The first kappa shape index (κ1) is 16.5. The number of H-pyrrole nitrogens is 1. The number of methoxy groups -OCH3 is 1. The maximum Gasteiger partial charge on any atom is 0.274 e. The van der Waals surface area contributed by atoms with E-state index in [1.54, 1.807) is 12.0 Å². The highest BCUT2D eigenvalue weighted by atomic mass is 16.5. The first-order valence-corrected chi connectivity index (χ1v) is 8.34. The van der Waals surface area contributed by atoms with Crippen molar-refractivity contribution in [1.29, 1.82) is 0 Å². The van der Waals surface area contributed by atoms with Crippen LogP contribution in [-0.2, 0) is 19.4 Å². The van der Waals surface area contributed by atoms with E-state index in [2.05, 4.69) is 27.6 Å². The van der Waals surface area contributed by atoms with E-state index in [1.165, 1.54) is 5.56 Å². The number of nitrogens with one attached hydrogen (secondary N) is 2. The Kier molecular flexibility index (Phi) is 5.15. The molecule has 24 heavy (non-hydrogen) atoms. The van der Waals surface area contributed by atoms with Gasteiger partial charge in [-0.05, 0) is 30.5 Å². The Morgan fingerprint density at radius 2 is 2.12 bits per heavy atom. The number of carbonyl (C=O) groups is 1. The van der Waals surface area contributed by atoms with Crippen molar-refractivity contribution >= 4 is 5.91 Å². The van der Waals surface area contributed by atoms with Crippen LogP contribution in [0.3, 0.4) is 0 Å². The van der Waals surface area contributed by atoms with Gasteiger partial charge >= 0.3 is 0 Å². The van der Waals surface area contributed by atoms with Crippen LogP contribution in [0.1, 0.15) is 33.7 Å². The number of hydrogen-bond donors (Lipinski definition) is 2. The number of nitrogens with zero attached hydrogens (tertiary/aromatic N) is 2. The maximum atomic E-state index is 12.6. The minimum absolute atomic E-state index is 0.00840. The van der Waals surface area contributed by atoms with Crippen LogP contribution < -0.4 is 10.1 Å². The SMILES string of the molecule is COc1ccc(CCCN(C)C(=O)c2n[nH]c3c2CNCC3)cc1. The van der Waals surface area contributed by atoms with Crippen LogP contribution in [0.15, 0.2) is 24.3 Å². The fourth-order valence-electron chi connectivity index (χ4n) is 3.00. The van der Waals surface area contributed by atoms with E-state index in [9.17, 15) is 4.79 Å². The summed E-state index contributed by atoms with van der Waals surface area (Å²) in [6.07, 6.45) is 2.75. The molecule has 0 unspecified atom stereocenters. The first-order chi connectivity index (χ1) is 11.7. The van der Waals surface area contributed by atoms with Crippen LogP contribution in [0.5, 0.6) is 5.75 Å². The summed E-state index contributed by atoms with van der Waals surface area (Å²) in [7, 11) is 3.51. The van der Waals surface area contributed by atoms with Crippen LogP contribution in [0.4, 0.5) is 0 Å². The number of aryl methyl sites for hydroxylation is 1. The summed E-state index contributed by atoms with van der Waals surface area (Å²) in [6, 6.07) is 8.06. The zero-order chi connectivity index (χ0) is 16.9. The summed E-state index contributed by atoms with van der Waals surface area (Å²) >= 11 is 0. The molecule has 0 aliphatic carbocycles. The van der Waals surface area contributed by atoms with Gasteiger partial charge in [-0.3, -0.25) is 9.89 Å². The van der Waals surface area contributed by atoms with Crippen molar-refractivity contribution in [2.24, 2.45) is 0 Å². The quantitative estimate of drug-likeness (QED) is 0.848. The van der Waals surface area contributed by atoms with Crippen LogP contribution in [0, 0.1) is 0 Å². The number of rotatable bonds is 6. The van der Waals surface area contributed by atoms with Gasteiger partial charge in [0.2, 0.25) is 0 Å². The molecule has 6 nitrogen and oxygen atoms in total. The second-order valence-electron chi connectivity index (χ2n) is 6.13. The second-order valence-corrected chi connectivity index (χ2v) is 6.13. The summed E-state index contributed by atoms with van der Waals surface area (Å²) in [5, 5.41) is 10.5. The van der Waals surface area contributed by atoms with E-state index in [4.69, 9.17) is 4.74 Å². The summed E-state index contributed by atoms with van der Waals surface area (Å²) < 4.78 is 5.16. The van der Waals surface area contributed by atoms with Crippen molar-refractivity contribution in [2.45, 2.75) is 25.8 Å². The molecule has 0 saturated heterocycles. The third-order valence-electron chi connectivity index (χ3n) is 4.47. The number of fused-ring (bicyclic) bond motifs is 1. The molecule has 3 rings (SSSR count). The van der Waals surface area contributed by atoms with Gasteiger partial charge < -0.3 is 15.0 Å². The number of ether oxygens (including phenoxy) is 1. The molecule has 1 aliphatic heterocycles. The lowest BCUT2D eigenvalue weighted by Gasteiger charge is -2.18. The number of amides is 1. The Hall–Kier alpha value is -2.34. The Bertz CT molecular complexity index is 694. The molecule has 128 valence electrons. The van der Waals surface area contributed by atoms with Crippen LogP contribution in [-0.4, -0.2) is 48.3 Å². The lowest BCUT2D eigenvalue weighted by molar-refractivity contribution is 0.0786. The molecule has 2 heterocycles.